The molecule has 5 nitrogen and oxygen atoms in total. The van der Waals surface area contributed by atoms with Gasteiger partial charge in [-0.15, -0.1) is 5.10 Å². The van der Waals surface area contributed by atoms with E-state index in [-0.39, 0.29) is 5.82 Å². The lowest BCUT2D eigenvalue weighted by atomic mass is 10.1. The van der Waals surface area contributed by atoms with Crippen LogP contribution in [0, 0.1) is 17.1 Å². The number of hydrogen-bond donors (Lipinski definition) is 0. The molecule has 0 N–H and O–H groups in total. The van der Waals surface area contributed by atoms with Gasteiger partial charge in [-0.3, -0.25) is 0 Å². The predicted molar refractivity (Wildman–Crippen MR) is 76.0 cm³/mol. The first kappa shape index (κ1) is 14.0. The molecular weight excluding hydrogens is 289 g/mol. The van der Waals surface area contributed by atoms with Crippen LogP contribution in [-0.4, -0.2) is 20.2 Å². The lowest BCUT2D eigenvalue weighted by Crippen LogP contribution is -2.08. The highest BCUT2D eigenvalue weighted by molar-refractivity contribution is 7.98. The van der Waals surface area contributed by atoms with E-state index in [1.54, 1.807) is 12.1 Å². The van der Waals surface area contributed by atoms with Gasteiger partial charge in [0, 0.05) is 5.75 Å². The molecular formula is C14H14FN5S. The van der Waals surface area contributed by atoms with E-state index in [1.807, 2.05) is 10.8 Å². The Bertz CT molecular complexity index is 672. The lowest BCUT2D eigenvalue weighted by molar-refractivity contribution is 0.423. The smallest absolute Gasteiger partial charge is 0.209 e. The lowest BCUT2D eigenvalue weighted by Gasteiger charge is -2.10. The third kappa shape index (κ3) is 3.05. The number of tetrazole rings is 1. The molecule has 3 rings (SSSR count). The highest BCUT2D eigenvalue weighted by Crippen LogP contribution is 2.32. The van der Waals surface area contributed by atoms with Gasteiger partial charge in [0.1, 0.15) is 5.82 Å². The summed E-state index contributed by atoms with van der Waals surface area (Å²) in [4.78, 5) is 0. The van der Waals surface area contributed by atoms with Crippen LogP contribution in [0.1, 0.15) is 42.9 Å². The number of hydrogen-bond acceptors (Lipinski definition) is 5. The minimum Gasteiger partial charge on any atom is -0.217 e. The van der Waals surface area contributed by atoms with Gasteiger partial charge in [0.25, 0.3) is 0 Å². The number of aromatic nitrogens is 4. The van der Waals surface area contributed by atoms with Crippen LogP contribution in [0.4, 0.5) is 4.39 Å². The average molecular weight is 303 g/mol. The molecule has 0 saturated heterocycles. The molecule has 2 aromatic rings. The Morgan fingerprint density at radius 1 is 1.38 bits per heavy atom. The van der Waals surface area contributed by atoms with E-state index in [0.717, 1.165) is 18.0 Å². The summed E-state index contributed by atoms with van der Waals surface area (Å²) in [5, 5.41) is 21.3. The molecule has 0 atom stereocenters. The Hall–Kier alpha value is -1.94. The Balaban J connectivity index is 1.71. The van der Waals surface area contributed by atoms with Crippen LogP contribution in [-0.2, 0) is 5.75 Å². The van der Waals surface area contributed by atoms with E-state index in [2.05, 4.69) is 15.5 Å². The van der Waals surface area contributed by atoms with Gasteiger partial charge >= 0.3 is 0 Å². The van der Waals surface area contributed by atoms with Gasteiger partial charge in [-0.2, -0.15) is 5.26 Å². The summed E-state index contributed by atoms with van der Waals surface area (Å²) in [6.45, 7) is 0. The van der Waals surface area contributed by atoms with Crippen molar-refractivity contribution in [2.45, 2.75) is 42.6 Å². The molecule has 1 saturated carbocycles. The number of nitrogens with zero attached hydrogens (tertiary/aromatic N) is 5. The van der Waals surface area contributed by atoms with Crippen LogP contribution in [0.25, 0.3) is 0 Å². The van der Waals surface area contributed by atoms with Gasteiger partial charge in [-0.1, -0.05) is 30.7 Å². The van der Waals surface area contributed by atoms with Crippen LogP contribution in [0.5, 0.6) is 0 Å². The van der Waals surface area contributed by atoms with Gasteiger partial charge < -0.3 is 0 Å². The summed E-state index contributed by atoms with van der Waals surface area (Å²) in [7, 11) is 0. The Kier molecular flexibility index (Phi) is 4.15. The van der Waals surface area contributed by atoms with Gasteiger partial charge in [-0.05, 0) is 41.0 Å². The van der Waals surface area contributed by atoms with Gasteiger partial charge in [0.15, 0.2) is 0 Å². The molecule has 0 spiro atoms. The monoisotopic (exact) mass is 303 g/mol. The quantitative estimate of drug-likeness (QED) is 0.812. The zero-order valence-corrected chi connectivity index (χ0v) is 12.2. The van der Waals surface area contributed by atoms with Crippen molar-refractivity contribution in [3.63, 3.8) is 0 Å². The van der Waals surface area contributed by atoms with E-state index in [1.165, 1.54) is 30.7 Å². The van der Waals surface area contributed by atoms with E-state index in [4.69, 9.17) is 5.26 Å². The van der Waals surface area contributed by atoms with Crippen molar-refractivity contribution in [3.05, 3.63) is 35.1 Å². The van der Waals surface area contributed by atoms with E-state index < -0.39 is 0 Å². The van der Waals surface area contributed by atoms with E-state index in [0.29, 0.717) is 22.9 Å². The molecule has 1 aliphatic carbocycles. The second kappa shape index (κ2) is 6.22. The van der Waals surface area contributed by atoms with Gasteiger partial charge in [0.05, 0.1) is 17.7 Å². The maximum atomic E-state index is 13.8. The summed E-state index contributed by atoms with van der Waals surface area (Å²) in [6, 6.07) is 6.82. The van der Waals surface area contributed by atoms with Crippen molar-refractivity contribution in [2.24, 2.45) is 0 Å². The van der Waals surface area contributed by atoms with Crippen LogP contribution in [0.15, 0.2) is 23.4 Å². The third-order valence-corrected chi connectivity index (χ3v) is 4.65. The van der Waals surface area contributed by atoms with Crippen molar-refractivity contribution >= 4 is 11.8 Å². The third-order valence-electron chi connectivity index (χ3n) is 3.67. The summed E-state index contributed by atoms with van der Waals surface area (Å²) >= 11 is 1.43. The highest BCUT2D eigenvalue weighted by Gasteiger charge is 2.21. The van der Waals surface area contributed by atoms with Crippen molar-refractivity contribution in [2.75, 3.05) is 0 Å². The van der Waals surface area contributed by atoms with Crippen LogP contribution in [0.3, 0.4) is 0 Å². The molecule has 21 heavy (non-hydrogen) atoms. The molecule has 0 amide bonds. The van der Waals surface area contributed by atoms with Crippen LogP contribution in [0.2, 0.25) is 0 Å². The maximum Gasteiger partial charge on any atom is 0.209 e. The fourth-order valence-electron chi connectivity index (χ4n) is 2.53. The Morgan fingerprint density at radius 3 is 2.90 bits per heavy atom. The second-order valence-electron chi connectivity index (χ2n) is 5.05. The van der Waals surface area contributed by atoms with Crippen LogP contribution >= 0.6 is 11.8 Å². The fourth-order valence-corrected chi connectivity index (χ4v) is 3.47. The zero-order valence-electron chi connectivity index (χ0n) is 11.4. The minimum atomic E-state index is -0.360. The van der Waals surface area contributed by atoms with Gasteiger partial charge in [0.2, 0.25) is 5.16 Å². The summed E-state index contributed by atoms with van der Waals surface area (Å²) in [5.41, 5.74) is 0.886. The Morgan fingerprint density at radius 2 is 2.19 bits per heavy atom. The molecule has 1 aliphatic rings. The van der Waals surface area contributed by atoms with E-state index >= 15 is 0 Å². The molecule has 7 heteroatoms. The number of thioether (sulfide) groups is 1. The molecule has 0 unspecified atom stereocenters. The number of benzene rings is 1. The van der Waals surface area contributed by atoms with E-state index in [9.17, 15) is 4.39 Å². The fraction of sp³-hybridized carbons (Fsp3) is 0.429. The number of rotatable bonds is 4. The molecule has 1 aromatic heterocycles. The molecule has 1 aromatic carbocycles. The largest absolute Gasteiger partial charge is 0.217 e. The first-order valence-electron chi connectivity index (χ1n) is 6.87. The molecule has 1 heterocycles. The van der Waals surface area contributed by atoms with Crippen molar-refractivity contribution in [1.29, 1.82) is 5.26 Å². The molecule has 1 fully saturated rings. The molecule has 0 aliphatic heterocycles. The van der Waals surface area contributed by atoms with Crippen molar-refractivity contribution in [3.8, 4) is 6.07 Å². The SMILES string of the molecule is N#Cc1ccc(CSc2nnnn2C2CCCC2)c(F)c1. The Labute approximate surface area is 126 Å². The van der Waals surface area contributed by atoms with Crippen LogP contribution < -0.4 is 0 Å². The predicted octanol–water partition coefficient (Wildman–Crippen LogP) is 3.09. The van der Waals surface area contributed by atoms with Crippen molar-refractivity contribution in [1.82, 2.24) is 20.2 Å². The zero-order chi connectivity index (χ0) is 14.7. The first-order chi connectivity index (χ1) is 10.3. The minimum absolute atomic E-state index is 0.331. The molecule has 0 bridgehead atoms. The van der Waals surface area contributed by atoms with Gasteiger partial charge in [-0.25, -0.2) is 9.07 Å². The normalized spacial score (nSPS) is 15.2. The van der Waals surface area contributed by atoms with Crippen molar-refractivity contribution < 1.29 is 4.39 Å². The molecule has 108 valence electrons. The standard InChI is InChI=1S/C14H14FN5S/c15-13-7-10(8-16)5-6-11(13)9-21-14-17-18-19-20(14)12-3-1-2-4-12/h5-7,12H,1-4,9H2. The second-order valence-corrected chi connectivity index (χ2v) is 5.99. The summed E-state index contributed by atoms with van der Waals surface area (Å²) in [6.07, 6.45) is 4.62. The summed E-state index contributed by atoms with van der Waals surface area (Å²) in [5.74, 6) is 0.0893. The maximum absolute atomic E-state index is 13.8. The highest BCUT2D eigenvalue weighted by atomic mass is 32.2. The topological polar surface area (TPSA) is 67.4 Å². The first-order valence-corrected chi connectivity index (χ1v) is 7.85. The number of halogens is 1. The number of nitriles is 1. The molecule has 0 radical (unpaired) electrons. The summed E-state index contributed by atoms with van der Waals surface area (Å²) < 4.78 is 15.7. The average Bonchev–Trinajstić information content (AvgIpc) is 3.16.